The van der Waals surface area contributed by atoms with Gasteiger partial charge in [-0.25, -0.2) is 5.43 Å². The van der Waals surface area contributed by atoms with Crippen molar-refractivity contribution in [2.75, 3.05) is 7.11 Å². The number of halogens is 1. The number of ether oxygens (including phenoxy) is 1. The Bertz CT molecular complexity index is 919. The molecule has 0 saturated heterocycles. The van der Waals surface area contributed by atoms with Gasteiger partial charge in [-0.2, -0.15) is 10.2 Å². The highest BCUT2D eigenvalue weighted by Gasteiger charge is 2.08. The van der Waals surface area contributed by atoms with E-state index in [1.807, 2.05) is 48.5 Å². The molecule has 1 amide bonds. The summed E-state index contributed by atoms with van der Waals surface area (Å²) in [5, 5.41) is 8.24. The van der Waals surface area contributed by atoms with Gasteiger partial charge < -0.3 is 4.74 Å². The summed E-state index contributed by atoms with van der Waals surface area (Å²) in [5.41, 5.74) is 4.73. The Morgan fingerprint density at radius 3 is 2.81 bits per heavy atom. The fraction of sp³-hybridized carbons (Fsp3) is 0.105. The van der Waals surface area contributed by atoms with Crippen LogP contribution in [0.5, 0.6) is 5.75 Å². The van der Waals surface area contributed by atoms with E-state index >= 15 is 0 Å². The maximum Gasteiger partial charge on any atom is 0.291 e. The minimum atomic E-state index is -0.359. The second kappa shape index (κ2) is 8.44. The molecule has 0 radical (unpaired) electrons. The quantitative estimate of drug-likeness (QED) is 0.497. The average molecular weight is 413 g/mol. The van der Waals surface area contributed by atoms with Crippen LogP contribution in [-0.2, 0) is 6.54 Å². The molecule has 1 aromatic heterocycles. The van der Waals surface area contributed by atoms with Crippen LogP contribution in [0.2, 0.25) is 0 Å². The molecule has 0 unspecified atom stereocenters. The number of nitrogens with zero attached hydrogens (tertiary/aromatic N) is 3. The Morgan fingerprint density at radius 2 is 2.08 bits per heavy atom. The molecule has 26 heavy (non-hydrogen) atoms. The van der Waals surface area contributed by atoms with E-state index in [1.54, 1.807) is 30.3 Å². The number of nitrogens with one attached hydrogen (secondary N) is 1. The van der Waals surface area contributed by atoms with Crippen LogP contribution in [0.4, 0.5) is 0 Å². The van der Waals surface area contributed by atoms with Crippen LogP contribution in [0.25, 0.3) is 0 Å². The van der Waals surface area contributed by atoms with E-state index in [0.717, 1.165) is 21.3 Å². The van der Waals surface area contributed by atoms with Crippen LogP contribution in [0, 0.1) is 0 Å². The molecule has 2 aromatic carbocycles. The molecule has 0 aliphatic rings. The molecule has 1 N–H and O–H groups in total. The van der Waals surface area contributed by atoms with E-state index in [-0.39, 0.29) is 5.91 Å². The monoisotopic (exact) mass is 412 g/mol. The van der Waals surface area contributed by atoms with E-state index in [4.69, 9.17) is 4.74 Å². The van der Waals surface area contributed by atoms with Gasteiger partial charge in [-0.1, -0.05) is 28.1 Å². The van der Waals surface area contributed by atoms with Crippen molar-refractivity contribution < 1.29 is 9.53 Å². The predicted molar refractivity (Wildman–Crippen MR) is 104 cm³/mol. The first-order chi connectivity index (χ1) is 12.6. The first-order valence-corrected chi connectivity index (χ1v) is 8.69. The largest absolute Gasteiger partial charge is 0.497 e. The van der Waals surface area contributed by atoms with Gasteiger partial charge in [-0.3, -0.25) is 9.48 Å². The van der Waals surface area contributed by atoms with Crippen molar-refractivity contribution >= 4 is 28.1 Å². The third kappa shape index (κ3) is 4.80. The zero-order valence-electron chi connectivity index (χ0n) is 14.1. The maximum atomic E-state index is 12.1. The minimum absolute atomic E-state index is 0.312. The topological polar surface area (TPSA) is 68.5 Å². The van der Waals surface area contributed by atoms with Crippen LogP contribution in [0.3, 0.4) is 0 Å². The van der Waals surface area contributed by atoms with Gasteiger partial charge in [0, 0.05) is 10.7 Å². The smallest absolute Gasteiger partial charge is 0.291 e. The lowest BCUT2D eigenvalue weighted by Crippen LogP contribution is -2.18. The molecule has 0 aliphatic heterocycles. The lowest BCUT2D eigenvalue weighted by atomic mass is 10.2. The Balaban J connectivity index is 1.58. The molecule has 132 valence electrons. The summed E-state index contributed by atoms with van der Waals surface area (Å²) in [7, 11) is 1.61. The van der Waals surface area contributed by atoms with Gasteiger partial charge in [0.25, 0.3) is 5.91 Å². The van der Waals surface area contributed by atoms with E-state index in [2.05, 4.69) is 31.6 Å². The summed E-state index contributed by atoms with van der Waals surface area (Å²) >= 11 is 3.44. The van der Waals surface area contributed by atoms with Crippen LogP contribution < -0.4 is 10.2 Å². The Hall–Kier alpha value is -2.93. The van der Waals surface area contributed by atoms with E-state index in [9.17, 15) is 4.79 Å². The first-order valence-electron chi connectivity index (χ1n) is 7.89. The standard InChI is InChI=1S/C19H17BrN4O2/c1-26-17-7-5-14(6-8-17)12-21-22-19(25)18-9-10-24(23-18)13-15-3-2-4-16(20)11-15/h2-12H,13H2,1H3,(H,22,25)/b21-12-. The number of carbonyl (C=O) groups is 1. The summed E-state index contributed by atoms with van der Waals surface area (Å²) in [4.78, 5) is 12.1. The number of hydrazone groups is 1. The van der Waals surface area contributed by atoms with Crippen molar-refractivity contribution in [2.24, 2.45) is 5.10 Å². The fourth-order valence-corrected chi connectivity index (χ4v) is 2.75. The van der Waals surface area contributed by atoms with Crippen LogP contribution in [0.1, 0.15) is 21.6 Å². The fourth-order valence-electron chi connectivity index (χ4n) is 2.31. The lowest BCUT2D eigenvalue weighted by molar-refractivity contribution is 0.0949. The molecule has 0 fully saturated rings. The van der Waals surface area contributed by atoms with Gasteiger partial charge >= 0.3 is 0 Å². The van der Waals surface area contributed by atoms with Crippen molar-refractivity contribution in [2.45, 2.75) is 6.54 Å². The molecule has 0 bridgehead atoms. The second-order valence-electron chi connectivity index (χ2n) is 5.50. The molecule has 6 nitrogen and oxygen atoms in total. The molecule has 3 rings (SSSR count). The molecular formula is C19H17BrN4O2. The molecule has 7 heteroatoms. The van der Waals surface area contributed by atoms with E-state index in [0.29, 0.717) is 12.2 Å². The number of hydrogen-bond donors (Lipinski definition) is 1. The highest BCUT2D eigenvalue weighted by molar-refractivity contribution is 9.10. The maximum absolute atomic E-state index is 12.1. The first kappa shape index (κ1) is 17.9. The van der Waals surface area contributed by atoms with E-state index < -0.39 is 0 Å². The summed E-state index contributed by atoms with van der Waals surface area (Å²) in [6.07, 6.45) is 3.33. The van der Waals surface area contributed by atoms with Crippen molar-refractivity contribution in [1.29, 1.82) is 0 Å². The zero-order valence-corrected chi connectivity index (χ0v) is 15.7. The van der Waals surface area contributed by atoms with Crippen LogP contribution in [0.15, 0.2) is 70.4 Å². The van der Waals surface area contributed by atoms with Crippen molar-refractivity contribution in [3.05, 3.63) is 82.1 Å². The summed E-state index contributed by atoms with van der Waals surface area (Å²) in [6, 6.07) is 17.0. The SMILES string of the molecule is COc1ccc(/C=N\NC(=O)c2ccn(Cc3cccc(Br)c3)n2)cc1. The Labute approximate surface area is 159 Å². The number of amides is 1. The van der Waals surface area contributed by atoms with Crippen molar-refractivity contribution in [3.8, 4) is 5.75 Å². The molecule has 0 atom stereocenters. The average Bonchev–Trinajstić information content (AvgIpc) is 3.11. The third-order valence-electron chi connectivity index (χ3n) is 3.60. The van der Waals surface area contributed by atoms with Crippen LogP contribution in [-0.4, -0.2) is 29.0 Å². The van der Waals surface area contributed by atoms with Gasteiger partial charge in [0.05, 0.1) is 19.9 Å². The third-order valence-corrected chi connectivity index (χ3v) is 4.10. The molecule has 0 aliphatic carbocycles. The zero-order chi connectivity index (χ0) is 18.4. The molecule has 1 heterocycles. The normalized spacial score (nSPS) is 10.8. The van der Waals surface area contributed by atoms with Crippen LogP contribution >= 0.6 is 15.9 Å². The Kier molecular flexibility index (Phi) is 5.80. The van der Waals surface area contributed by atoms with Gasteiger partial charge in [-0.05, 0) is 53.6 Å². The summed E-state index contributed by atoms with van der Waals surface area (Å²) in [5.74, 6) is 0.407. The summed E-state index contributed by atoms with van der Waals surface area (Å²) in [6.45, 7) is 0.585. The van der Waals surface area contributed by atoms with Gasteiger partial charge in [0.1, 0.15) is 5.75 Å². The van der Waals surface area contributed by atoms with Gasteiger partial charge in [-0.15, -0.1) is 0 Å². The molecular weight excluding hydrogens is 396 g/mol. The predicted octanol–water partition coefficient (Wildman–Crippen LogP) is 3.47. The van der Waals surface area contributed by atoms with E-state index in [1.165, 1.54) is 0 Å². The highest BCUT2D eigenvalue weighted by Crippen LogP contribution is 2.13. The molecule has 3 aromatic rings. The number of hydrogen-bond acceptors (Lipinski definition) is 4. The minimum Gasteiger partial charge on any atom is -0.497 e. The number of aromatic nitrogens is 2. The summed E-state index contributed by atoms with van der Waals surface area (Å²) < 4.78 is 7.81. The van der Waals surface area contributed by atoms with Crippen molar-refractivity contribution in [3.63, 3.8) is 0 Å². The van der Waals surface area contributed by atoms with Crippen molar-refractivity contribution in [1.82, 2.24) is 15.2 Å². The molecule has 0 saturated carbocycles. The molecule has 0 spiro atoms. The second-order valence-corrected chi connectivity index (χ2v) is 6.42. The number of rotatable bonds is 6. The Morgan fingerprint density at radius 1 is 1.27 bits per heavy atom. The number of benzene rings is 2. The van der Waals surface area contributed by atoms with Gasteiger partial charge in [0.2, 0.25) is 0 Å². The number of methoxy groups -OCH3 is 1. The van der Waals surface area contributed by atoms with Gasteiger partial charge in [0.15, 0.2) is 5.69 Å². The highest BCUT2D eigenvalue weighted by atomic mass is 79.9. The number of carbonyl (C=O) groups excluding carboxylic acids is 1. The lowest BCUT2D eigenvalue weighted by Gasteiger charge is -2.02.